The van der Waals surface area contributed by atoms with Crippen molar-refractivity contribution in [1.29, 1.82) is 0 Å². The first-order valence-corrected chi connectivity index (χ1v) is 8.90. The molecule has 0 saturated carbocycles. The summed E-state index contributed by atoms with van der Waals surface area (Å²) in [6, 6.07) is 18.3. The van der Waals surface area contributed by atoms with E-state index in [2.05, 4.69) is 20.6 Å². The second kappa shape index (κ2) is 9.64. The van der Waals surface area contributed by atoms with Gasteiger partial charge < -0.3 is 15.4 Å². The predicted molar refractivity (Wildman–Crippen MR) is 106 cm³/mol. The number of hydrogen-bond acceptors (Lipinski definition) is 5. The summed E-state index contributed by atoms with van der Waals surface area (Å²) in [7, 11) is 1.69. The van der Waals surface area contributed by atoms with Gasteiger partial charge in [0.2, 0.25) is 5.95 Å². The quantitative estimate of drug-likeness (QED) is 0.552. The predicted octanol–water partition coefficient (Wildman–Crippen LogP) is 4.34. The maximum absolute atomic E-state index is 13.1. The Kier molecular flexibility index (Phi) is 6.71. The van der Waals surface area contributed by atoms with Gasteiger partial charge >= 0.3 is 0 Å². The Hall–Kier alpha value is -2.99. The van der Waals surface area contributed by atoms with Crippen LogP contribution in [0.25, 0.3) is 11.3 Å². The number of ether oxygens (including phenoxy) is 1. The molecule has 1 aromatic heterocycles. The minimum atomic E-state index is -0.247. The normalized spacial score (nSPS) is 10.6. The molecule has 0 fully saturated rings. The van der Waals surface area contributed by atoms with Gasteiger partial charge in [0.05, 0.1) is 5.69 Å². The molecular formula is C21H23FN4O. The number of hydrogen-bond donors (Lipinski definition) is 2. The fourth-order valence-electron chi connectivity index (χ4n) is 2.59. The highest BCUT2D eigenvalue weighted by Gasteiger charge is 2.07. The number of halogens is 1. The van der Waals surface area contributed by atoms with Crippen LogP contribution in [-0.2, 0) is 11.3 Å². The zero-order valence-electron chi connectivity index (χ0n) is 15.3. The molecule has 0 aliphatic carbocycles. The second-order valence-corrected chi connectivity index (χ2v) is 6.08. The van der Waals surface area contributed by atoms with Crippen LogP contribution in [-0.4, -0.2) is 30.2 Å². The Labute approximate surface area is 158 Å². The van der Waals surface area contributed by atoms with E-state index in [1.165, 1.54) is 12.1 Å². The lowest BCUT2D eigenvalue weighted by Gasteiger charge is -2.11. The van der Waals surface area contributed by atoms with E-state index in [1.54, 1.807) is 19.2 Å². The van der Waals surface area contributed by atoms with Gasteiger partial charge in [-0.3, -0.25) is 0 Å². The van der Waals surface area contributed by atoms with Gasteiger partial charge in [-0.1, -0.05) is 42.5 Å². The zero-order valence-corrected chi connectivity index (χ0v) is 15.3. The van der Waals surface area contributed by atoms with Crippen LogP contribution in [0.3, 0.4) is 0 Å². The number of anilines is 2. The Morgan fingerprint density at radius 2 is 1.74 bits per heavy atom. The lowest BCUT2D eigenvalue weighted by molar-refractivity contribution is 0.198. The summed E-state index contributed by atoms with van der Waals surface area (Å²) >= 11 is 0. The minimum Gasteiger partial charge on any atom is -0.385 e. The van der Waals surface area contributed by atoms with Crippen molar-refractivity contribution in [3.63, 3.8) is 0 Å². The first-order valence-electron chi connectivity index (χ1n) is 8.90. The summed E-state index contributed by atoms with van der Waals surface area (Å²) in [5.74, 6) is 1.03. The van der Waals surface area contributed by atoms with Crippen molar-refractivity contribution in [3.8, 4) is 11.3 Å². The maximum Gasteiger partial charge on any atom is 0.225 e. The minimum absolute atomic E-state index is 0.247. The molecule has 6 heteroatoms. The Morgan fingerprint density at radius 1 is 0.963 bits per heavy atom. The molecule has 0 unspecified atom stereocenters. The van der Waals surface area contributed by atoms with Gasteiger partial charge in [0.1, 0.15) is 11.6 Å². The van der Waals surface area contributed by atoms with Crippen molar-refractivity contribution in [2.24, 2.45) is 0 Å². The smallest absolute Gasteiger partial charge is 0.225 e. The molecule has 1 heterocycles. The molecule has 2 N–H and O–H groups in total. The van der Waals surface area contributed by atoms with Crippen LogP contribution in [0, 0.1) is 5.82 Å². The topological polar surface area (TPSA) is 59.1 Å². The summed E-state index contributed by atoms with van der Waals surface area (Å²) in [4.78, 5) is 9.16. The standard InChI is InChI=1S/C21H23FN4O/c1-27-13-5-12-23-20-14-19(17-6-3-2-4-7-17)25-21(26-20)24-15-16-8-10-18(22)11-9-16/h2-4,6-11,14H,5,12-13,15H2,1H3,(H2,23,24,25,26). The number of benzene rings is 2. The lowest BCUT2D eigenvalue weighted by Crippen LogP contribution is -2.10. The molecule has 5 nitrogen and oxygen atoms in total. The molecule has 2 aromatic carbocycles. The van der Waals surface area contributed by atoms with Crippen LogP contribution in [0.2, 0.25) is 0 Å². The maximum atomic E-state index is 13.1. The first kappa shape index (κ1) is 18.8. The number of aromatic nitrogens is 2. The number of methoxy groups -OCH3 is 1. The van der Waals surface area contributed by atoms with Crippen LogP contribution in [0.1, 0.15) is 12.0 Å². The molecule has 27 heavy (non-hydrogen) atoms. The summed E-state index contributed by atoms with van der Waals surface area (Å²) < 4.78 is 18.1. The van der Waals surface area contributed by atoms with Crippen molar-refractivity contribution in [2.45, 2.75) is 13.0 Å². The first-order chi connectivity index (χ1) is 13.2. The molecule has 3 aromatic rings. The van der Waals surface area contributed by atoms with Gasteiger partial charge in [-0.05, 0) is 24.1 Å². The number of nitrogens with one attached hydrogen (secondary N) is 2. The summed E-state index contributed by atoms with van der Waals surface area (Å²) in [5.41, 5.74) is 2.81. The third-order valence-electron chi connectivity index (χ3n) is 3.99. The molecule has 0 aliphatic heterocycles. The van der Waals surface area contributed by atoms with Gasteiger partial charge in [0.15, 0.2) is 0 Å². The molecule has 0 radical (unpaired) electrons. The molecule has 0 spiro atoms. The van der Waals surface area contributed by atoms with E-state index in [1.807, 2.05) is 36.4 Å². The third kappa shape index (κ3) is 5.76. The van der Waals surface area contributed by atoms with Crippen molar-refractivity contribution in [3.05, 3.63) is 72.0 Å². The number of nitrogens with zero attached hydrogens (tertiary/aromatic N) is 2. The molecule has 0 atom stereocenters. The van der Waals surface area contributed by atoms with E-state index in [0.29, 0.717) is 19.1 Å². The Balaban J connectivity index is 1.77. The molecule has 0 amide bonds. The van der Waals surface area contributed by atoms with Crippen molar-refractivity contribution in [2.75, 3.05) is 30.9 Å². The van der Waals surface area contributed by atoms with E-state index < -0.39 is 0 Å². The highest BCUT2D eigenvalue weighted by Crippen LogP contribution is 2.21. The summed E-state index contributed by atoms with van der Waals surface area (Å²) in [6.45, 7) is 1.97. The van der Waals surface area contributed by atoms with Crippen LogP contribution in [0.4, 0.5) is 16.2 Å². The van der Waals surface area contributed by atoms with Gasteiger partial charge in [-0.25, -0.2) is 9.37 Å². The second-order valence-electron chi connectivity index (χ2n) is 6.08. The fourth-order valence-corrected chi connectivity index (χ4v) is 2.59. The molecule has 0 bridgehead atoms. The highest BCUT2D eigenvalue weighted by molar-refractivity contribution is 5.64. The van der Waals surface area contributed by atoms with Crippen molar-refractivity contribution in [1.82, 2.24) is 9.97 Å². The van der Waals surface area contributed by atoms with Crippen LogP contribution < -0.4 is 10.6 Å². The molecule has 0 saturated heterocycles. The lowest BCUT2D eigenvalue weighted by atomic mass is 10.1. The van der Waals surface area contributed by atoms with Crippen LogP contribution in [0.5, 0.6) is 0 Å². The van der Waals surface area contributed by atoms with E-state index in [0.717, 1.165) is 35.6 Å². The van der Waals surface area contributed by atoms with Gasteiger partial charge in [0, 0.05) is 38.4 Å². The summed E-state index contributed by atoms with van der Waals surface area (Å²) in [5, 5.41) is 6.54. The molecule has 0 aliphatic rings. The molecular weight excluding hydrogens is 343 g/mol. The van der Waals surface area contributed by atoms with E-state index >= 15 is 0 Å². The molecule has 140 valence electrons. The monoisotopic (exact) mass is 366 g/mol. The van der Waals surface area contributed by atoms with E-state index in [4.69, 9.17) is 4.74 Å². The number of rotatable bonds is 9. The van der Waals surface area contributed by atoms with E-state index in [-0.39, 0.29) is 5.82 Å². The third-order valence-corrected chi connectivity index (χ3v) is 3.99. The van der Waals surface area contributed by atoms with Gasteiger partial charge in [-0.2, -0.15) is 4.98 Å². The van der Waals surface area contributed by atoms with Crippen LogP contribution in [0.15, 0.2) is 60.7 Å². The molecule has 3 rings (SSSR count). The van der Waals surface area contributed by atoms with Crippen LogP contribution >= 0.6 is 0 Å². The van der Waals surface area contributed by atoms with Crippen molar-refractivity contribution >= 4 is 11.8 Å². The SMILES string of the molecule is COCCCNc1cc(-c2ccccc2)nc(NCc2ccc(F)cc2)n1. The van der Waals surface area contributed by atoms with E-state index in [9.17, 15) is 4.39 Å². The summed E-state index contributed by atoms with van der Waals surface area (Å²) in [6.07, 6.45) is 0.888. The fraction of sp³-hybridized carbons (Fsp3) is 0.238. The Morgan fingerprint density at radius 3 is 2.48 bits per heavy atom. The Bertz CT molecular complexity index is 841. The highest BCUT2D eigenvalue weighted by atomic mass is 19.1. The van der Waals surface area contributed by atoms with Crippen molar-refractivity contribution < 1.29 is 9.13 Å². The average molecular weight is 366 g/mol. The van der Waals surface area contributed by atoms with Gasteiger partial charge in [-0.15, -0.1) is 0 Å². The zero-order chi connectivity index (χ0) is 18.9. The van der Waals surface area contributed by atoms with Gasteiger partial charge in [0.25, 0.3) is 0 Å². The average Bonchev–Trinajstić information content (AvgIpc) is 2.71. The largest absolute Gasteiger partial charge is 0.385 e.